The minimum absolute atomic E-state index is 0.314. The fraction of sp³-hybridized carbons (Fsp3) is 0.208. The number of amides is 2. The maximum absolute atomic E-state index is 12.2. The fourth-order valence-corrected chi connectivity index (χ4v) is 4.02. The molecule has 11 heteroatoms. The number of fused-ring (bicyclic) bond motifs is 1. The summed E-state index contributed by atoms with van der Waals surface area (Å²) in [4.78, 5) is 17.0. The molecule has 0 saturated carbocycles. The van der Waals surface area contributed by atoms with E-state index in [2.05, 4.69) is 21.0 Å². The topological polar surface area (TPSA) is 92.6 Å². The Morgan fingerprint density at radius 1 is 1.11 bits per heavy atom. The molecule has 0 atom stereocenters. The normalized spacial score (nSPS) is 10.8. The summed E-state index contributed by atoms with van der Waals surface area (Å²) in [5, 5.41) is 14.7. The molecule has 0 radical (unpaired) electrons. The first-order chi connectivity index (χ1) is 17.0. The molecule has 0 spiro atoms. The van der Waals surface area contributed by atoms with Crippen LogP contribution in [0.1, 0.15) is 12.8 Å². The number of unbranched alkanes of at least 4 members (excludes halogenated alkanes) is 1. The van der Waals surface area contributed by atoms with Gasteiger partial charge in [-0.15, -0.1) is 0 Å². The van der Waals surface area contributed by atoms with Crippen molar-refractivity contribution in [1.29, 1.82) is 0 Å². The number of nitrogens with zero attached hydrogens (tertiary/aromatic N) is 3. The molecular formula is C24H25BCl2N6O2. The molecule has 35 heavy (non-hydrogen) atoms. The van der Waals surface area contributed by atoms with Crippen molar-refractivity contribution in [1.82, 2.24) is 19.9 Å². The fourth-order valence-electron chi connectivity index (χ4n) is 3.62. The number of hydrogen-bond acceptors (Lipinski definition) is 5. The van der Waals surface area contributed by atoms with Crippen molar-refractivity contribution in [3.05, 3.63) is 64.8 Å². The van der Waals surface area contributed by atoms with E-state index >= 15 is 0 Å². The largest absolute Gasteiger partial charge is 0.495 e. The molecule has 0 aliphatic heterocycles. The van der Waals surface area contributed by atoms with E-state index in [0.29, 0.717) is 34.6 Å². The predicted molar refractivity (Wildman–Crippen MR) is 144 cm³/mol. The van der Waals surface area contributed by atoms with E-state index in [4.69, 9.17) is 32.9 Å². The van der Waals surface area contributed by atoms with Gasteiger partial charge in [0.05, 0.1) is 18.5 Å². The molecule has 2 amide bonds. The molecule has 0 aliphatic carbocycles. The third-order valence-corrected chi connectivity index (χ3v) is 5.97. The SMILES string of the molecule is Bc1cnn2c(NCCCCNC(=O)Nc3cc(Cl)ccc3OC)cc(-c3ccccc3Cl)nc12. The Kier molecular flexibility index (Phi) is 8.00. The number of ether oxygens (including phenoxy) is 1. The van der Waals surface area contributed by atoms with Crippen molar-refractivity contribution in [2.75, 3.05) is 30.8 Å². The number of anilines is 2. The van der Waals surface area contributed by atoms with Gasteiger partial charge in [0, 0.05) is 41.0 Å². The van der Waals surface area contributed by atoms with Crippen LogP contribution < -0.4 is 26.2 Å². The highest BCUT2D eigenvalue weighted by molar-refractivity contribution is 6.36. The van der Waals surface area contributed by atoms with Crippen LogP contribution in [0.3, 0.4) is 0 Å². The van der Waals surface area contributed by atoms with Gasteiger partial charge in [0.25, 0.3) is 0 Å². The first-order valence-corrected chi connectivity index (χ1v) is 11.9. The van der Waals surface area contributed by atoms with Crippen LogP contribution in [0, 0.1) is 0 Å². The van der Waals surface area contributed by atoms with Crippen LogP contribution in [0.4, 0.5) is 16.3 Å². The van der Waals surface area contributed by atoms with Crippen LogP contribution >= 0.6 is 23.2 Å². The Morgan fingerprint density at radius 3 is 2.71 bits per heavy atom. The highest BCUT2D eigenvalue weighted by Crippen LogP contribution is 2.29. The zero-order valence-electron chi connectivity index (χ0n) is 19.4. The molecule has 8 nitrogen and oxygen atoms in total. The standard InChI is InChI=1S/C24H25BCl2N6O2/c1-35-21-9-8-15(26)12-20(21)32-24(34)29-11-5-4-10-28-22-13-19(16-6-2-3-7-18(16)27)31-23-17(25)14-30-33(22)23/h2-3,6-9,12-14,28H,4-5,10-11,25H2,1H3,(H2,29,32,34). The van der Waals surface area contributed by atoms with Crippen LogP contribution in [0.5, 0.6) is 5.75 Å². The maximum atomic E-state index is 12.2. The van der Waals surface area contributed by atoms with Gasteiger partial charge in [0.1, 0.15) is 19.4 Å². The van der Waals surface area contributed by atoms with Gasteiger partial charge in [0.2, 0.25) is 0 Å². The van der Waals surface area contributed by atoms with Gasteiger partial charge in [-0.25, -0.2) is 9.78 Å². The number of urea groups is 1. The van der Waals surface area contributed by atoms with Crippen molar-refractivity contribution in [2.45, 2.75) is 12.8 Å². The Labute approximate surface area is 214 Å². The zero-order valence-corrected chi connectivity index (χ0v) is 21.0. The van der Waals surface area contributed by atoms with Gasteiger partial charge < -0.3 is 20.7 Å². The van der Waals surface area contributed by atoms with E-state index in [1.807, 2.05) is 38.2 Å². The maximum Gasteiger partial charge on any atom is 0.319 e. The van der Waals surface area contributed by atoms with Crippen LogP contribution in [0.2, 0.25) is 10.0 Å². The molecule has 3 N–H and O–H groups in total. The first-order valence-electron chi connectivity index (χ1n) is 11.2. The van der Waals surface area contributed by atoms with Gasteiger partial charge in [-0.05, 0) is 42.6 Å². The Hall–Kier alpha value is -3.43. The predicted octanol–water partition coefficient (Wildman–Crippen LogP) is 3.98. The number of rotatable bonds is 9. The number of nitrogens with one attached hydrogen (secondary N) is 3. The lowest BCUT2D eigenvalue weighted by Crippen LogP contribution is -2.29. The summed E-state index contributed by atoms with van der Waals surface area (Å²) in [6, 6.07) is 14.3. The minimum Gasteiger partial charge on any atom is -0.495 e. The molecule has 180 valence electrons. The second kappa shape index (κ2) is 11.3. The zero-order chi connectivity index (χ0) is 24.8. The molecule has 2 heterocycles. The highest BCUT2D eigenvalue weighted by atomic mass is 35.5. The van der Waals surface area contributed by atoms with Crippen molar-refractivity contribution in [3.63, 3.8) is 0 Å². The molecular weight excluding hydrogens is 486 g/mol. The van der Waals surface area contributed by atoms with Gasteiger partial charge in [-0.3, -0.25) is 0 Å². The quantitative estimate of drug-likeness (QED) is 0.234. The molecule has 0 saturated heterocycles. The minimum atomic E-state index is -0.314. The van der Waals surface area contributed by atoms with E-state index in [1.165, 1.54) is 7.11 Å². The monoisotopic (exact) mass is 510 g/mol. The average Bonchev–Trinajstić information content (AvgIpc) is 3.22. The molecule has 2 aromatic carbocycles. The second-order valence-corrected chi connectivity index (χ2v) is 8.77. The molecule has 4 aromatic rings. The number of methoxy groups -OCH3 is 1. The Morgan fingerprint density at radius 2 is 1.91 bits per heavy atom. The number of halogens is 2. The Balaban J connectivity index is 1.32. The smallest absolute Gasteiger partial charge is 0.319 e. The molecule has 0 bridgehead atoms. The first kappa shape index (κ1) is 24.7. The van der Waals surface area contributed by atoms with Crippen molar-refractivity contribution in [3.8, 4) is 17.0 Å². The lowest BCUT2D eigenvalue weighted by Gasteiger charge is -2.13. The van der Waals surface area contributed by atoms with E-state index in [-0.39, 0.29) is 6.03 Å². The van der Waals surface area contributed by atoms with E-state index in [0.717, 1.165) is 41.0 Å². The average molecular weight is 511 g/mol. The summed E-state index contributed by atoms with van der Waals surface area (Å²) in [5.74, 6) is 1.37. The summed E-state index contributed by atoms with van der Waals surface area (Å²) in [6.07, 6.45) is 3.42. The van der Waals surface area contributed by atoms with Gasteiger partial charge >= 0.3 is 6.03 Å². The molecule has 0 fully saturated rings. The summed E-state index contributed by atoms with van der Waals surface area (Å²) in [7, 11) is 3.52. The van der Waals surface area contributed by atoms with Crippen molar-refractivity contribution in [2.24, 2.45) is 0 Å². The summed E-state index contributed by atoms with van der Waals surface area (Å²) < 4.78 is 7.04. The van der Waals surface area contributed by atoms with Crippen molar-refractivity contribution >= 4 is 59.7 Å². The third-order valence-electron chi connectivity index (χ3n) is 5.40. The molecule has 0 aliphatic rings. The van der Waals surface area contributed by atoms with Crippen LogP contribution in [-0.4, -0.2) is 48.7 Å². The van der Waals surface area contributed by atoms with Gasteiger partial charge in [-0.1, -0.05) is 41.4 Å². The lowest BCUT2D eigenvalue weighted by molar-refractivity contribution is 0.252. The second-order valence-electron chi connectivity index (χ2n) is 7.93. The van der Waals surface area contributed by atoms with Crippen molar-refractivity contribution < 1.29 is 9.53 Å². The number of benzene rings is 2. The summed E-state index contributed by atoms with van der Waals surface area (Å²) in [6.45, 7) is 1.22. The number of carbonyl (C=O) groups excluding carboxylic acids is 1. The highest BCUT2D eigenvalue weighted by Gasteiger charge is 2.12. The molecule has 0 unspecified atom stereocenters. The van der Waals surface area contributed by atoms with Gasteiger partial charge in [0.15, 0.2) is 5.65 Å². The van der Waals surface area contributed by atoms with E-state index in [1.54, 1.807) is 28.9 Å². The molecule has 4 rings (SSSR count). The van der Waals surface area contributed by atoms with Crippen LogP contribution in [0.25, 0.3) is 16.9 Å². The summed E-state index contributed by atoms with van der Waals surface area (Å²) >= 11 is 12.4. The Bertz CT molecular complexity index is 1350. The number of aromatic nitrogens is 3. The summed E-state index contributed by atoms with van der Waals surface area (Å²) in [5.41, 5.74) is 3.92. The number of carbonyl (C=O) groups is 1. The number of hydrogen-bond donors (Lipinski definition) is 3. The molecule has 2 aromatic heterocycles. The third kappa shape index (κ3) is 5.99. The van der Waals surface area contributed by atoms with Crippen LogP contribution in [0.15, 0.2) is 54.7 Å². The van der Waals surface area contributed by atoms with E-state index in [9.17, 15) is 4.79 Å². The lowest BCUT2D eigenvalue weighted by atomic mass is 10.0. The van der Waals surface area contributed by atoms with Crippen LogP contribution in [-0.2, 0) is 0 Å². The van der Waals surface area contributed by atoms with E-state index < -0.39 is 0 Å². The van der Waals surface area contributed by atoms with Gasteiger partial charge in [-0.2, -0.15) is 9.61 Å².